The summed E-state index contributed by atoms with van der Waals surface area (Å²) in [5, 5.41) is 2.84. The molecule has 0 aliphatic carbocycles. The Hall–Kier alpha value is -3.16. The molecule has 1 aliphatic heterocycles. The summed E-state index contributed by atoms with van der Waals surface area (Å²) in [7, 11) is -3.73. The molecule has 3 aromatic rings. The Morgan fingerprint density at radius 2 is 1.71 bits per heavy atom. The van der Waals surface area contributed by atoms with Crippen LogP contribution in [0.2, 0.25) is 0 Å². The fraction of sp³-hybridized carbons (Fsp3) is 0.321. The van der Waals surface area contributed by atoms with Crippen LogP contribution in [0.1, 0.15) is 46.8 Å². The highest BCUT2D eigenvalue weighted by Crippen LogP contribution is 2.22. The van der Waals surface area contributed by atoms with Crippen LogP contribution in [0.4, 0.5) is 11.4 Å². The largest absolute Gasteiger partial charge is 0.322 e. The number of carbonyl (C=O) groups is 1. The van der Waals surface area contributed by atoms with Gasteiger partial charge in [-0.3, -0.25) is 14.4 Å². The van der Waals surface area contributed by atoms with Crippen LogP contribution >= 0.6 is 0 Å². The van der Waals surface area contributed by atoms with Gasteiger partial charge >= 0.3 is 0 Å². The zero-order chi connectivity index (χ0) is 25.0. The molecule has 1 saturated heterocycles. The van der Waals surface area contributed by atoms with Crippen molar-refractivity contribution in [3.63, 3.8) is 0 Å². The van der Waals surface area contributed by atoms with Crippen LogP contribution in [-0.4, -0.2) is 32.3 Å². The SMILES string of the molecule is Cc1ccc(NS(=O)(=O)c2ccc(NC(=O)c3ccc(CN4CCC[C@@H](C)C4)cc3)cc2)c(C)c1. The van der Waals surface area contributed by atoms with Crippen molar-refractivity contribution in [3.05, 3.63) is 89.0 Å². The molecule has 6 nitrogen and oxygen atoms in total. The number of rotatable bonds is 7. The first-order valence-corrected chi connectivity index (χ1v) is 13.5. The molecule has 3 aromatic carbocycles. The van der Waals surface area contributed by atoms with Gasteiger partial charge in [-0.05, 0) is 92.7 Å². The topological polar surface area (TPSA) is 78.5 Å². The molecule has 7 heteroatoms. The highest BCUT2D eigenvalue weighted by atomic mass is 32.2. The molecule has 0 bridgehead atoms. The van der Waals surface area contributed by atoms with Gasteiger partial charge in [0.05, 0.1) is 10.6 Å². The molecule has 0 saturated carbocycles. The third kappa shape index (κ3) is 6.50. The molecule has 0 aromatic heterocycles. The first-order valence-electron chi connectivity index (χ1n) is 12.0. The van der Waals surface area contributed by atoms with Crippen molar-refractivity contribution in [3.8, 4) is 0 Å². The molecule has 35 heavy (non-hydrogen) atoms. The average Bonchev–Trinajstić information content (AvgIpc) is 2.82. The number of likely N-dealkylation sites (tertiary alicyclic amines) is 1. The smallest absolute Gasteiger partial charge is 0.261 e. The highest BCUT2D eigenvalue weighted by Gasteiger charge is 2.17. The van der Waals surface area contributed by atoms with Crippen molar-refractivity contribution < 1.29 is 13.2 Å². The summed E-state index contributed by atoms with van der Waals surface area (Å²) in [6.07, 6.45) is 2.54. The monoisotopic (exact) mass is 491 g/mol. The number of amides is 1. The number of sulfonamides is 1. The third-order valence-electron chi connectivity index (χ3n) is 6.41. The van der Waals surface area contributed by atoms with Crippen molar-refractivity contribution in [1.29, 1.82) is 0 Å². The quantitative estimate of drug-likeness (QED) is 0.452. The van der Waals surface area contributed by atoms with Crippen molar-refractivity contribution in [2.45, 2.75) is 45.1 Å². The van der Waals surface area contributed by atoms with E-state index in [0.717, 1.165) is 36.7 Å². The Bertz CT molecular complexity index is 1290. The van der Waals surface area contributed by atoms with Gasteiger partial charge in [-0.15, -0.1) is 0 Å². The van der Waals surface area contributed by atoms with E-state index < -0.39 is 10.0 Å². The van der Waals surface area contributed by atoms with Gasteiger partial charge in [-0.25, -0.2) is 8.42 Å². The molecule has 2 N–H and O–H groups in total. The van der Waals surface area contributed by atoms with E-state index in [-0.39, 0.29) is 10.8 Å². The maximum Gasteiger partial charge on any atom is 0.261 e. The minimum Gasteiger partial charge on any atom is -0.322 e. The second kappa shape index (κ2) is 10.6. The maximum absolute atomic E-state index is 12.8. The molecule has 1 amide bonds. The average molecular weight is 492 g/mol. The van der Waals surface area contributed by atoms with Crippen LogP contribution in [-0.2, 0) is 16.6 Å². The first-order chi connectivity index (χ1) is 16.7. The highest BCUT2D eigenvalue weighted by molar-refractivity contribution is 7.92. The van der Waals surface area contributed by atoms with Crippen molar-refractivity contribution in [2.75, 3.05) is 23.1 Å². The van der Waals surface area contributed by atoms with E-state index in [1.165, 1.54) is 30.5 Å². The van der Waals surface area contributed by atoms with E-state index in [4.69, 9.17) is 0 Å². The molecule has 0 spiro atoms. The number of benzene rings is 3. The summed E-state index contributed by atoms with van der Waals surface area (Å²) in [5.41, 5.74) is 4.76. The Kier molecular flexibility index (Phi) is 7.57. The lowest BCUT2D eigenvalue weighted by atomic mass is 9.99. The molecule has 4 rings (SSSR count). The fourth-order valence-corrected chi connectivity index (χ4v) is 5.63. The first kappa shape index (κ1) is 24.9. The standard InChI is InChI=1S/C28H33N3O3S/c1-20-6-15-27(22(3)17-20)30-35(33,34)26-13-11-25(12-14-26)29-28(32)24-9-7-23(8-10-24)19-31-16-4-5-21(2)18-31/h6-15,17,21,30H,4-5,16,18-19H2,1-3H3,(H,29,32)/t21-/m1/s1. The zero-order valence-corrected chi connectivity index (χ0v) is 21.4. The summed E-state index contributed by atoms with van der Waals surface area (Å²) in [6, 6.07) is 19.4. The summed E-state index contributed by atoms with van der Waals surface area (Å²) in [4.78, 5) is 15.3. The van der Waals surface area contributed by atoms with E-state index in [1.807, 2.05) is 50.2 Å². The van der Waals surface area contributed by atoms with Crippen LogP contribution < -0.4 is 10.0 Å². The van der Waals surface area contributed by atoms with Crippen LogP contribution in [0.5, 0.6) is 0 Å². The molecule has 1 atom stereocenters. The van der Waals surface area contributed by atoms with E-state index in [2.05, 4.69) is 21.9 Å². The number of nitrogens with zero attached hydrogens (tertiary/aromatic N) is 1. The molecule has 1 aliphatic rings. The minimum atomic E-state index is -3.73. The Labute approximate surface area is 208 Å². The third-order valence-corrected chi connectivity index (χ3v) is 7.79. The number of aryl methyl sites for hydroxylation is 2. The lowest BCUT2D eigenvalue weighted by molar-refractivity contribution is 0.102. The van der Waals surface area contributed by atoms with Crippen LogP contribution in [0, 0.1) is 19.8 Å². The van der Waals surface area contributed by atoms with Crippen LogP contribution in [0.3, 0.4) is 0 Å². The number of anilines is 2. The van der Waals surface area contributed by atoms with Gasteiger partial charge in [0.2, 0.25) is 0 Å². The Balaban J connectivity index is 1.36. The summed E-state index contributed by atoms with van der Waals surface area (Å²) >= 11 is 0. The van der Waals surface area contributed by atoms with Crippen LogP contribution in [0.25, 0.3) is 0 Å². The molecule has 184 valence electrons. The van der Waals surface area contributed by atoms with E-state index in [0.29, 0.717) is 16.9 Å². The van der Waals surface area contributed by atoms with E-state index in [1.54, 1.807) is 18.2 Å². The predicted octanol–water partition coefficient (Wildman–Crippen LogP) is 5.59. The number of carbonyl (C=O) groups excluding carboxylic acids is 1. The Morgan fingerprint density at radius 3 is 2.37 bits per heavy atom. The second-order valence-corrected chi connectivity index (χ2v) is 11.3. The van der Waals surface area contributed by atoms with Crippen LogP contribution in [0.15, 0.2) is 71.6 Å². The molecule has 0 radical (unpaired) electrons. The number of nitrogens with one attached hydrogen (secondary N) is 2. The zero-order valence-electron chi connectivity index (χ0n) is 20.5. The number of hydrogen-bond donors (Lipinski definition) is 2. The summed E-state index contributed by atoms with van der Waals surface area (Å²) in [5.74, 6) is 0.504. The lowest BCUT2D eigenvalue weighted by Crippen LogP contribution is -2.33. The molecule has 1 heterocycles. The van der Waals surface area contributed by atoms with Crippen molar-refractivity contribution >= 4 is 27.3 Å². The lowest BCUT2D eigenvalue weighted by Gasteiger charge is -2.30. The van der Waals surface area contributed by atoms with Crippen molar-refractivity contribution in [2.24, 2.45) is 5.92 Å². The van der Waals surface area contributed by atoms with Gasteiger partial charge in [0.1, 0.15) is 0 Å². The van der Waals surface area contributed by atoms with Crippen molar-refractivity contribution in [1.82, 2.24) is 4.90 Å². The van der Waals surface area contributed by atoms with E-state index in [9.17, 15) is 13.2 Å². The number of piperidine rings is 1. The molecule has 1 fully saturated rings. The summed E-state index contributed by atoms with van der Waals surface area (Å²) < 4.78 is 28.2. The Morgan fingerprint density at radius 1 is 1.00 bits per heavy atom. The maximum atomic E-state index is 12.8. The number of hydrogen-bond acceptors (Lipinski definition) is 4. The van der Waals surface area contributed by atoms with Gasteiger partial charge in [0.25, 0.3) is 15.9 Å². The summed E-state index contributed by atoms with van der Waals surface area (Å²) in [6.45, 7) is 9.26. The normalized spacial score (nSPS) is 16.6. The van der Waals surface area contributed by atoms with Gasteiger partial charge in [-0.1, -0.05) is 36.8 Å². The minimum absolute atomic E-state index is 0.131. The molecular formula is C28H33N3O3S. The van der Waals surface area contributed by atoms with Gasteiger partial charge in [-0.2, -0.15) is 0 Å². The molecular weight excluding hydrogens is 458 g/mol. The van der Waals surface area contributed by atoms with Gasteiger partial charge in [0, 0.05) is 24.3 Å². The predicted molar refractivity (Wildman–Crippen MR) is 141 cm³/mol. The second-order valence-electron chi connectivity index (χ2n) is 9.58. The van der Waals surface area contributed by atoms with Gasteiger partial charge < -0.3 is 5.32 Å². The fourth-order valence-electron chi connectivity index (χ4n) is 4.50. The van der Waals surface area contributed by atoms with E-state index >= 15 is 0 Å². The molecule has 0 unspecified atom stereocenters. The van der Waals surface area contributed by atoms with Gasteiger partial charge in [0.15, 0.2) is 0 Å².